The molecular weight excluding hydrogens is 208 g/mol. The summed E-state index contributed by atoms with van der Waals surface area (Å²) in [4.78, 5) is 10.1. The molecule has 0 unspecified atom stereocenters. The van der Waals surface area contributed by atoms with E-state index in [2.05, 4.69) is 0 Å². The lowest BCUT2D eigenvalue weighted by atomic mass is 9.73. The molecule has 7 heteroatoms. The average molecular weight is 221 g/mol. The summed E-state index contributed by atoms with van der Waals surface area (Å²) in [6.07, 6.45) is -8.87. The molecule has 7 nitrogen and oxygen atoms in total. The molecule has 6 N–H and O–H groups in total. The molecule has 0 aliphatic heterocycles. The highest BCUT2D eigenvalue weighted by atomic mass is 16.4. The lowest BCUT2D eigenvalue weighted by molar-refractivity contribution is -0.265. The van der Waals surface area contributed by atoms with E-state index in [1.807, 2.05) is 0 Å². The minimum atomic E-state index is -2.40. The highest BCUT2D eigenvalue weighted by Gasteiger charge is 2.57. The van der Waals surface area contributed by atoms with Crippen molar-refractivity contribution in [2.75, 3.05) is 0 Å². The molecule has 1 radical (unpaired) electrons. The summed E-state index contributed by atoms with van der Waals surface area (Å²) in [6.45, 7) is 0. The van der Waals surface area contributed by atoms with Gasteiger partial charge in [-0.2, -0.15) is 0 Å². The van der Waals surface area contributed by atoms with Gasteiger partial charge in [0.15, 0.2) is 0 Å². The molecule has 0 saturated heterocycles. The number of hydrogen-bond acceptors (Lipinski definition) is 7. The Kier molecular flexibility index (Phi) is 3.44. The first kappa shape index (κ1) is 12.5. The van der Waals surface area contributed by atoms with Crippen LogP contribution in [0, 0.1) is 0 Å². The number of aliphatic hydroxyl groups excluding tert-OH is 5. The van der Waals surface area contributed by atoms with Crippen molar-refractivity contribution < 1.29 is 35.4 Å². The summed E-state index contributed by atoms with van der Waals surface area (Å²) in [5, 5.41) is 56.1. The Morgan fingerprint density at radius 3 is 1.67 bits per heavy atom. The minimum absolute atomic E-state index is 0.782. The third-order valence-corrected chi connectivity index (χ3v) is 2.73. The molecule has 0 aromatic heterocycles. The summed E-state index contributed by atoms with van der Waals surface area (Å²) in [7, 11) is 0. The van der Waals surface area contributed by atoms with Crippen LogP contribution < -0.4 is 0 Å². The van der Waals surface area contributed by atoms with Gasteiger partial charge in [-0.15, -0.1) is 0 Å². The maximum absolute atomic E-state index is 10.1. The third kappa shape index (κ3) is 1.78. The van der Waals surface area contributed by atoms with E-state index in [-0.39, 0.29) is 0 Å². The Morgan fingerprint density at radius 1 is 0.933 bits per heavy atom. The maximum atomic E-state index is 10.1. The Morgan fingerprint density at radius 2 is 1.33 bits per heavy atom. The monoisotopic (exact) mass is 221 g/mol. The molecule has 1 fully saturated rings. The normalized spacial score (nSPS) is 51.5. The van der Waals surface area contributed by atoms with Gasteiger partial charge in [-0.1, -0.05) is 0 Å². The van der Waals surface area contributed by atoms with E-state index in [1.54, 1.807) is 0 Å². The minimum Gasteiger partial charge on any atom is -0.387 e. The fourth-order valence-corrected chi connectivity index (χ4v) is 1.67. The smallest absolute Gasteiger partial charge is 0.201 e. The third-order valence-electron chi connectivity index (χ3n) is 2.73. The van der Waals surface area contributed by atoms with Gasteiger partial charge in [-0.3, -0.25) is 4.79 Å². The molecule has 0 aromatic carbocycles. The zero-order valence-corrected chi connectivity index (χ0v) is 7.69. The molecule has 15 heavy (non-hydrogen) atoms. The van der Waals surface area contributed by atoms with Gasteiger partial charge in [0.25, 0.3) is 0 Å². The highest BCUT2D eigenvalue weighted by Crippen LogP contribution is 2.32. The summed E-state index contributed by atoms with van der Waals surface area (Å²) in [6, 6.07) is 0. The Hall–Kier alpha value is -0.570. The van der Waals surface area contributed by atoms with Crippen molar-refractivity contribution in [1.29, 1.82) is 0 Å². The molecule has 1 saturated carbocycles. The molecule has 0 amide bonds. The van der Waals surface area contributed by atoms with Gasteiger partial charge in [0.1, 0.15) is 36.1 Å². The largest absolute Gasteiger partial charge is 0.387 e. The molecule has 0 spiro atoms. The SMILES string of the molecule is O=[C]C[C@]1(O)[C@H](O)[C@H](O)[C@@H](O)[C@H](O)[C@H]1O. The van der Waals surface area contributed by atoms with Crippen LogP contribution >= 0.6 is 0 Å². The lowest BCUT2D eigenvalue weighted by Gasteiger charge is -2.46. The van der Waals surface area contributed by atoms with E-state index in [0.717, 1.165) is 0 Å². The van der Waals surface area contributed by atoms with Crippen molar-refractivity contribution in [3.05, 3.63) is 0 Å². The van der Waals surface area contributed by atoms with Crippen LogP contribution in [0.2, 0.25) is 0 Å². The quantitative estimate of drug-likeness (QED) is 0.279. The maximum Gasteiger partial charge on any atom is 0.201 e. The van der Waals surface area contributed by atoms with Gasteiger partial charge < -0.3 is 30.6 Å². The first-order chi connectivity index (χ1) is 6.86. The summed E-state index contributed by atoms with van der Waals surface area (Å²) >= 11 is 0. The van der Waals surface area contributed by atoms with Crippen LogP contribution in [0.4, 0.5) is 0 Å². The van der Waals surface area contributed by atoms with E-state index in [0.29, 0.717) is 0 Å². The number of aliphatic hydroxyl groups is 6. The zero-order chi connectivity index (χ0) is 11.8. The lowest BCUT2D eigenvalue weighted by Crippen LogP contribution is -2.70. The van der Waals surface area contributed by atoms with E-state index >= 15 is 0 Å². The second kappa shape index (κ2) is 4.12. The molecule has 0 aromatic rings. The van der Waals surface area contributed by atoms with Crippen LogP contribution in [0.1, 0.15) is 6.42 Å². The molecule has 87 valence electrons. The Balaban J connectivity index is 3.00. The van der Waals surface area contributed by atoms with Gasteiger partial charge in [-0.25, -0.2) is 0 Å². The van der Waals surface area contributed by atoms with E-state index in [4.69, 9.17) is 5.11 Å². The summed E-state index contributed by atoms with van der Waals surface area (Å²) in [5.41, 5.74) is -2.40. The van der Waals surface area contributed by atoms with Crippen molar-refractivity contribution in [3.8, 4) is 0 Å². The summed E-state index contributed by atoms with van der Waals surface area (Å²) < 4.78 is 0. The fourth-order valence-electron chi connectivity index (χ4n) is 1.67. The number of hydrogen-bond donors (Lipinski definition) is 6. The molecule has 1 aliphatic rings. The second-order valence-electron chi connectivity index (χ2n) is 3.67. The molecular formula is C8H13O7. The fraction of sp³-hybridized carbons (Fsp3) is 0.875. The average Bonchev–Trinajstić information content (AvgIpc) is 2.22. The Labute approximate surface area is 85.2 Å². The molecule has 0 bridgehead atoms. The predicted octanol–water partition coefficient (Wildman–Crippen LogP) is -3.96. The predicted molar refractivity (Wildman–Crippen MR) is 45.3 cm³/mol. The van der Waals surface area contributed by atoms with Gasteiger partial charge in [-0.05, 0) is 0 Å². The van der Waals surface area contributed by atoms with Crippen molar-refractivity contribution in [2.24, 2.45) is 0 Å². The first-order valence-corrected chi connectivity index (χ1v) is 4.34. The van der Waals surface area contributed by atoms with Gasteiger partial charge in [0, 0.05) is 6.42 Å². The van der Waals surface area contributed by atoms with Gasteiger partial charge in [0.05, 0.1) is 0 Å². The number of rotatable bonds is 2. The van der Waals surface area contributed by atoms with Crippen molar-refractivity contribution in [3.63, 3.8) is 0 Å². The van der Waals surface area contributed by atoms with Crippen LogP contribution in [0.5, 0.6) is 0 Å². The number of carbonyl (C=O) groups excluding carboxylic acids is 1. The molecule has 6 atom stereocenters. The van der Waals surface area contributed by atoms with Crippen molar-refractivity contribution in [2.45, 2.75) is 42.5 Å². The highest BCUT2D eigenvalue weighted by molar-refractivity contribution is 5.53. The molecule has 0 heterocycles. The standard InChI is InChI=1S/C8H13O7/c9-2-1-8(15)6(13)4(11)3(10)5(12)7(8)14/h3-7,10-15H,1H2/t3-,4-,5+,6-,7-,8+/m1/s1. The zero-order valence-electron chi connectivity index (χ0n) is 7.69. The van der Waals surface area contributed by atoms with Crippen LogP contribution in [0.25, 0.3) is 0 Å². The second-order valence-corrected chi connectivity index (χ2v) is 3.67. The van der Waals surface area contributed by atoms with Gasteiger partial charge in [0.2, 0.25) is 6.29 Å². The van der Waals surface area contributed by atoms with E-state index in [1.165, 1.54) is 6.29 Å². The van der Waals surface area contributed by atoms with Crippen LogP contribution in [0.3, 0.4) is 0 Å². The van der Waals surface area contributed by atoms with Crippen molar-refractivity contribution in [1.82, 2.24) is 0 Å². The first-order valence-electron chi connectivity index (χ1n) is 4.34. The van der Waals surface area contributed by atoms with E-state index in [9.17, 15) is 30.3 Å². The summed E-state index contributed by atoms with van der Waals surface area (Å²) in [5.74, 6) is 0. The Bertz CT molecular complexity index is 227. The molecule has 1 aliphatic carbocycles. The van der Waals surface area contributed by atoms with E-state index < -0.39 is 42.5 Å². The topological polar surface area (TPSA) is 138 Å². The van der Waals surface area contributed by atoms with Crippen LogP contribution in [-0.2, 0) is 4.79 Å². The van der Waals surface area contributed by atoms with Gasteiger partial charge >= 0.3 is 0 Å². The van der Waals surface area contributed by atoms with Crippen molar-refractivity contribution >= 4 is 6.29 Å². The van der Waals surface area contributed by atoms with Crippen LogP contribution in [0.15, 0.2) is 0 Å². The van der Waals surface area contributed by atoms with Crippen LogP contribution in [-0.4, -0.2) is 73.0 Å². The molecule has 1 rings (SSSR count).